The summed E-state index contributed by atoms with van der Waals surface area (Å²) in [7, 11) is 1.56. The summed E-state index contributed by atoms with van der Waals surface area (Å²) in [5.41, 5.74) is 1.83. The van der Waals surface area contributed by atoms with Crippen LogP contribution in [-0.4, -0.2) is 17.1 Å². The van der Waals surface area contributed by atoms with Gasteiger partial charge in [-0.2, -0.15) is 5.26 Å². The molecule has 0 amide bonds. The van der Waals surface area contributed by atoms with Crippen LogP contribution in [0.25, 0.3) is 11.3 Å². The molecule has 0 fully saturated rings. The Morgan fingerprint density at radius 1 is 1.28 bits per heavy atom. The number of nitrogens with zero attached hydrogens (tertiary/aromatic N) is 3. The number of aromatic nitrogens is 2. The molecule has 2 rings (SSSR count). The minimum absolute atomic E-state index is 0.337. The molecule has 2 aromatic rings. The van der Waals surface area contributed by atoms with E-state index in [0.717, 1.165) is 5.56 Å². The summed E-state index contributed by atoms with van der Waals surface area (Å²) >= 11 is 6.06. The van der Waals surface area contributed by atoms with E-state index in [-0.39, 0.29) is 0 Å². The van der Waals surface area contributed by atoms with E-state index in [1.54, 1.807) is 32.2 Å². The molecule has 0 saturated carbocycles. The first-order valence-corrected chi connectivity index (χ1v) is 5.61. The quantitative estimate of drug-likeness (QED) is 0.832. The van der Waals surface area contributed by atoms with Crippen LogP contribution in [0.4, 0.5) is 0 Å². The van der Waals surface area contributed by atoms with Crippen molar-refractivity contribution >= 4 is 11.6 Å². The Labute approximate surface area is 110 Å². The number of halogens is 1. The van der Waals surface area contributed by atoms with Gasteiger partial charge in [0, 0.05) is 11.6 Å². The van der Waals surface area contributed by atoms with Gasteiger partial charge in [0.1, 0.15) is 23.3 Å². The van der Waals surface area contributed by atoms with Gasteiger partial charge in [0.15, 0.2) is 0 Å². The maximum atomic E-state index is 8.88. The maximum Gasteiger partial charge on any atom is 0.144 e. The van der Waals surface area contributed by atoms with Crippen LogP contribution in [0.2, 0.25) is 5.02 Å². The van der Waals surface area contributed by atoms with Crippen LogP contribution < -0.4 is 4.74 Å². The second kappa shape index (κ2) is 5.03. The molecule has 0 bridgehead atoms. The lowest BCUT2D eigenvalue weighted by atomic mass is 10.1. The molecule has 5 heteroatoms. The van der Waals surface area contributed by atoms with Crippen LogP contribution in [0.5, 0.6) is 5.75 Å². The van der Waals surface area contributed by atoms with Crippen LogP contribution in [0.1, 0.15) is 11.5 Å². The van der Waals surface area contributed by atoms with Crippen molar-refractivity contribution in [3.63, 3.8) is 0 Å². The van der Waals surface area contributed by atoms with Crippen molar-refractivity contribution < 1.29 is 4.74 Å². The number of rotatable bonds is 2. The number of benzene rings is 1. The van der Waals surface area contributed by atoms with E-state index in [0.29, 0.717) is 28.0 Å². The highest BCUT2D eigenvalue weighted by Gasteiger charge is 2.07. The van der Waals surface area contributed by atoms with Crippen molar-refractivity contribution in [2.75, 3.05) is 7.11 Å². The smallest absolute Gasteiger partial charge is 0.144 e. The molecule has 1 aromatic heterocycles. The maximum absolute atomic E-state index is 8.88. The number of ether oxygens (including phenoxy) is 1. The monoisotopic (exact) mass is 259 g/mol. The second-order valence-electron chi connectivity index (χ2n) is 3.65. The molecule has 0 aliphatic heterocycles. The second-order valence-corrected chi connectivity index (χ2v) is 4.05. The van der Waals surface area contributed by atoms with Crippen LogP contribution in [-0.2, 0) is 0 Å². The third-order valence-corrected chi connectivity index (χ3v) is 2.70. The Morgan fingerprint density at radius 2 is 2.06 bits per heavy atom. The minimum atomic E-state index is 0.337. The number of nitriles is 1. The van der Waals surface area contributed by atoms with Gasteiger partial charge in [-0.15, -0.1) is 0 Å². The lowest BCUT2D eigenvalue weighted by Crippen LogP contribution is -1.95. The average molecular weight is 260 g/mol. The normalized spacial score (nSPS) is 9.89. The molecule has 1 heterocycles. The summed E-state index contributed by atoms with van der Waals surface area (Å²) in [6.45, 7) is 1.75. The van der Waals surface area contributed by atoms with Crippen LogP contribution >= 0.6 is 11.6 Å². The first kappa shape index (κ1) is 12.3. The fraction of sp³-hybridized carbons (Fsp3) is 0.154. The largest absolute Gasteiger partial charge is 0.495 e. The molecule has 0 N–H and O–H groups in total. The van der Waals surface area contributed by atoms with Crippen molar-refractivity contribution in [1.29, 1.82) is 5.26 Å². The van der Waals surface area contributed by atoms with Crippen molar-refractivity contribution in [3.8, 4) is 23.1 Å². The molecular formula is C13H10ClN3O. The highest BCUT2D eigenvalue weighted by atomic mass is 35.5. The fourth-order valence-corrected chi connectivity index (χ4v) is 1.86. The van der Waals surface area contributed by atoms with Gasteiger partial charge in [0.25, 0.3) is 0 Å². The SMILES string of the molecule is COc1ccc(-c2cc(C#N)nc(C)n2)cc1Cl. The van der Waals surface area contributed by atoms with Gasteiger partial charge in [0.2, 0.25) is 0 Å². The Kier molecular flexibility index (Phi) is 3.45. The first-order chi connectivity index (χ1) is 8.63. The number of methoxy groups -OCH3 is 1. The summed E-state index contributed by atoms with van der Waals surface area (Å²) < 4.78 is 5.09. The summed E-state index contributed by atoms with van der Waals surface area (Å²) in [4.78, 5) is 8.29. The van der Waals surface area contributed by atoms with E-state index in [4.69, 9.17) is 21.6 Å². The van der Waals surface area contributed by atoms with E-state index >= 15 is 0 Å². The molecule has 0 saturated heterocycles. The lowest BCUT2D eigenvalue weighted by molar-refractivity contribution is 0.415. The Balaban J connectivity index is 2.52. The van der Waals surface area contributed by atoms with Gasteiger partial charge >= 0.3 is 0 Å². The van der Waals surface area contributed by atoms with E-state index < -0.39 is 0 Å². The average Bonchev–Trinajstić information content (AvgIpc) is 2.37. The fourth-order valence-electron chi connectivity index (χ4n) is 1.60. The first-order valence-electron chi connectivity index (χ1n) is 5.23. The molecule has 1 aromatic carbocycles. The van der Waals surface area contributed by atoms with Crippen LogP contribution in [0, 0.1) is 18.3 Å². The molecule has 0 atom stereocenters. The van der Waals surface area contributed by atoms with Crippen molar-refractivity contribution in [1.82, 2.24) is 9.97 Å². The third-order valence-electron chi connectivity index (χ3n) is 2.40. The third kappa shape index (κ3) is 2.41. The summed E-state index contributed by atoms with van der Waals surface area (Å²) in [5, 5.41) is 9.39. The predicted molar refractivity (Wildman–Crippen MR) is 68.5 cm³/mol. The summed E-state index contributed by atoms with van der Waals surface area (Å²) in [6, 6.07) is 9.00. The highest BCUT2D eigenvalue weighted by Crippen LogP contribution is 2.29. The molecular weight excluding hydrogens is 250 g/mol. The van der Waals surface area contributed by atoms with Gasteiger partial charge in [0.05, 0.1) is 17.8 Å². The van der Waals surface area contributed by atoms with Gasteiger partial charge in [-0.25, -0.2) is 9.97 Å². The lowest BCUT2D eigenvalue weighted by Gasteiger charge is -2.06. The number of hydrogen-bond donors (Lipinski definition) is 0. The molecule has 0 aliphatic rings. The molecule has 90 valence electrons. The Hall–Kier alpha value is -2.12. The van der Waals surface area contributed by atoms with E-state index in [1.807, 2.05) is 12.1 Å². The topological polar surface area (TPSA) is 58.8 Å². The molecule has 0 aliphatic carbocycles. The predicted octanol–water partition coefficient (Wildman–Crippen LogP) is 2.99. The Bertz CT molecular complexity index is 635. The molecule has 4 nitrogen and oxygen atoms in total. The van der Waals surface area contributed by atoms with Crippen LogP contribution in [0.15, 0.2) is 24.3 Å². The Morgan fingerprint density at radius 3 is 2.67 bits per heavy atom. The summed E-state index contributed by atoms with van der Waals surface area (Å²) in [5.74, 6) is 1.16. The number of aryl methyl sites for hydroxylation is 1. The van der Waals surface area contributed by atoms with E-state index in [9.17, 15) is 0 Å². The minimum Gasteiger partial charge on any atom is -0.495 e. The van der Waals surface area contributed by atoms with Gasteiger partial charge < -0.3 is 4.74 Å². The van der Waals surface area contributed by atoms with Gasteiger partial charge in [-0.3, -0.25) is 0 Å². The zero-order valence-electron chi connectivity index (χ0n) is 9.94. The van der Waals surface area contributed by atoms with Gasteiger partial charge in [-0.1, -0.05) is 11.6 Å². The molecule has 0 radical (unpaired) electrons. The molecule has 18 heavy (non-hydrogen) atoms. The van der Waals surface area contributed by atoms with Crippen molar-refractivity contribution in [2.24, 2.45) is 0 Å². The van der Waals surface area contributed by atoms with E-state index in [1.165, 1.54) is 0 Å². The van der Waals surface area contributed by atoms with Crippen molar-refractivity contribution in [3.05, 3.63) is 40.8 Å². The highest BCUT2D eigenvalue weighted by molar-refractivity contribution is 6.32. The standard InChI is InChI=1S/C13H10ClN3O/c1-8-16-10(7-15)6-12(17-8)9-3-4-13(18-2)11(14)5-9/h3-6H,1-2H3. The van der Waals surface area contributed by atoms with E-state index in [2.05, 4.69) is 9.97 Å². The molecule has 0 spiro atoms. The zero-order chi connectivity index (χ0) is 13.1. The summed E-state index contributed by atoms with van der Waals surface area (Å²) in [6.07, 6.45) is 0. The van der Waals surface area contributed by atoms with Gasteiger partial charge in [-0.05, 0) is 25.1 Å². The number of hydrogen-bond acceptors (Lipinski definition) is 4. The zero-order valence-corrected chi connectivity index (χ0v) is 10.7. The molecule has 0 unspecified atom stereocenters. The van der Waals surface area contributed by atoms with Crippen LogP contribution in [0.3, 0.4) is 0 Å². The van der Waals surface area contributed by atoms with Crippen molar-refractivity contribution in [2.45, 2.75) is 6.92 Å².